The van der Waals surface area contributed by atoms with Crippen molar-refractivity contribution in [1.29, 1.82) is 0 Å². The second-order valence-corrected chi connectivity index (χ2v) is 4.93. The van der Waals surface area contributed by atoms with Crippen LogP contribution in [0.25, 0.3) is 0 Å². The summed E-state index contributed by atoms with van der Waals surface area (Å²) >= 11 is 0. The predicted octanol–water partition coefficient (Wildman–Crippen LogP) is 2.49. The van der Waals surface area contributed by atoms with Gasteiger partial charge in [0, 0.05) is 6.54 Å². The van der Waals surface area contributed by atoms with Crippen LogP contribution < -0.4 is 5.32 Å². The maximum absolute atomic E-state index is 12.4. The number of nitrogens with one attached hydrogen (secondary N) is 1. The molecule has 0 saturated heterocycles. The molecule has 0 atom stereocenters. The zero-order valence-corrected chi connectivity index (χ0v) is 14.0. The van der Waals surface area contributed by atoms with E-state index in [0.29, 0.717) is 12.1 Å². The summed E-state index contributed by atoms with van der Waals surface area (Å²) in [4.78, 5) is 36.8. The summed E-state index contributed by atoms with van der Waals surface area (Å²) in [6, 6.07) is 3.09. The molecule has 0 bridgehead atoms. The van der Waals surface area contributed by atoms with E-state index < -0.39 is 17.8 Å². The highest BCUT2D eigenvalue weighted by Gasteiger charge is 2.26. The summed E-state index contributed by atoms with van der Waals surface area (Å²) < 4.78 is 10.0. The van der Waals surface area contributed by atoms with Crippen molar-refractivity contribution >= 4 is 17.8 Å². The lowest BCUT2D eigenvalue weighted by Gasteiger charge is -2.14. The third-order valence-corrected chi connectivity index (χ3v) is 3.04. The minimum atomic E-state index is -0.636. The molecule has 1 rings (SSSR count). The summed E-state index contributed by atoms with van der Waals surface area (Å²) in [5.74, 6) is -1.76. The molecule has 0 aromatic heterocycles. The fraction of sp³-hybridized carbons (Fsp3) is 0.471. The average Bonchev–Trinajstić information content (AvgIpc) is 2.52. The first-order valence-corrected chi connectivity index (χ1v) is 7.73. The zero-order valence-electron chi connectivity index (χ0n) is 14.0. The van der Waals surface area contributed by atoms with Crippen molar-refractivity contribution in [2.45, 2.75) is 34.1 Å². The first-order chi connectivity index (χ1) is 11.0. The maximum Gasteiger partial charge on any atom is 0.338 e. The van der Waals surface area contributed by atoms with Gasteiger partial charge in [-0.1, -0.05) is 6.92 Å². The van der Waals surface area contributed by atoms with Gasteiger partial charge in [-0.25, -0.2) is 9.59 Å². The van der Waals surface area contributed by atoms with Gasteiger partial charge in [0.05, 0.1) is 29.9 Å². The molecule has 1 amide bonds. The molecule has 0 fully saturated rings. The standard InChI is InChI=1S/C17H23NO5/c1-5-8-18-15(19)14-12(16(20)22-6-2)9-11(4)10-13(14)17(21)23-7-3/h9-10H,5-8H2,1-4H3,(H,18,19). The number of esters is 2. The van der Waals surface area contributed by atoms with E-state index in [1.54, 1.807) is 32.9 Å². The van der Waals surface area contributed by atoms with E-state index in [9.17, 15) is 14.4 Å². The SMILES string of the molecule is CCCNC(=O)c1c(C(=O)OCC)cc(C)cc1C(=O)OCC. The Morgan fingerprint density at radius 3 is 1.83 bits per heavy atom. The van der Waals surface area contributed by atoms with Gasteiger partial charge >= 0.3 is 11.9 Å². The van der Waals surface area contributed by atoms with Gasteiger partial charge in [-0.3, -0.25) is 4.79 Å². The molecule has 1 aromatic carbocycles. The Bertz CT molecular complexity index is 556. The molecule has 6 nitrogen and oxygen atoms in total. The molecule has 126 valence electrons. The van der Waals surface area contributed by atoms with E-state index in [0.717, 1.165) is 6.42 Å². The number of hydrogen-bond acceptors (Lipinski definition) is 5. The van der Waals surface area contributed by atoms with Crippen LogP contribution in [0, 0.1) is 6.92 Å². The summed E-state index contributed by atoms with van der Waals surface area (Å²) in [5.41, 5.74) is 0.816. The molecular weight excluding hydrogens is 298 g/mol. The molecule has 23 heavy (non-hydrogen) atoms. The third-order valence-electron chi connectivity index (χ3n) is 3.04. The normalized spacial score (nSPS) is 10.1. The predicted molar refractivity (Wildman–Crippen MR) is 85.7 cm³/mol. The Morgan fingerprint density at radius 2 is 1.43 bits per heavy atom. The number of rotatable bonds is 7. The van der Waals surface area contributed by atoms with Crippen molar-refractivity contribution in [1.82, 2.24) is 5.32 Å². The van der Waals surface area contributed by atoms with Crippen molar-refractivity contribution < 1.29 is 23.9 Å². The van der Waals surface area contributed by atoms with Gasteiger partial charge in [0.2, 0.25) is 0 Å². The summed E-state index contributed by atoms with van der Waals surface area (Å²) in [6.45, 7) is 7.80. The number of benzene rings is 1. The van der Waals surface area contributed by atoms with Crippen LogP contribution in [0.15, 0.2) is 12.1 Å². The lowest BCUT2D eigenvalue weighted by atomic mass is 9.97. The van der Waals surface area contributed by atoms with Crippen molar-refractivity contribution in [3.63, 3.8) is 0 Å². The van der Waals surface area contributed by atoms with Gasteiger partial charge in [0.25, 0.3) is 5.91 Å². The largest absolute Gasteiger partial charge is 0.462 e. The van der Waals surface area contributed by atoms with E-state index in [1.165, 1.54) is 0 Å². The fourth-order valence-electron chi connectivity index (χ4n) is 2.10. The molecule has 0 heterocycles. The Morgan fingerprint density at radius 1 is 0.957 bits per heavy atom. The number of carbonyl (C=O) groups is 3. The first kappa shape index (κ1) is 18.7. The lowest BCUT2D eigenvalue weighted by Crippen LogP contribution is -2.29. The van der Waals surface area contributed by atoms with Gasteiger partial charge in [-0.15, -0.1) is 0 Å². The second-order valence-electron chi connectivity index (χ2n) is 4.93. The minimum absolute atomic E-state index is 0.000880. The molecule has 0 aliphatic heterocycles. The van der Waals surface area contributed by atoms with Crippen molar-refractivity contribution in [3.05, 3.63) is 34.4 Å². The summed E-state index contributed by atoms with van der Waals surface area (Å²) in [6.07, 6.45) is 0.737. The van der Waals surface area contributed by atoms with Gasteiger partial charge in [-0.2, -0.15) is 0 Å². The van der Waals surface area contributed by atoms with E-state index in [2.05, 4.69) is 5.32 Å². The van der Waals surface area contributed by atoms with Crippen LogP contribution in [-0.4, -0.2) is 37.6 Å². The molecule has 0 spiro atoms. The van der Waals surface area contributed by atoms with Crippen LogP contribution in [-0.2, 0) is 9.47 Å². The highest BCUT2D eigenvalue weighted by molar-refractivity contribution is 6.12. The number of amides is 1. The van der Waals surface area contributed by atoms with Crippen molar-refractivity contribution in [2.24, 2.45) is 0 Å². The van der Waals surface area contributed by atoms with Crippen LogP contribution in [0.4, 0.5) is 0 Å². The van der Waals surface area contributed by atoms with Crippen LogP contribution in [0.1, 0.15) is 63.8 Å². The Balaban J connectivity index is 3.45. The first-order valence-electron chi connectivity index (χ1n) is 7.73. The minimum Gasteiger partial charge on any atom is -0.462 e. The highest BCUT2D eigenvalue weighted by atomic mass is 16.5. The monoisotopic (exact) mass is 321 g/mol. The number of carbonyl (C=O) groups excluding carboxylic acids is 3. The summed E-state index contributed by atoms with van der Waals surface area (Å²) in [7, 11) is 0. The van der Waals surface area contributed by atoms with Crippen molar-refractivity contribution in [2.75, 3.05) is 19.8 Å². The van der Waals surface area contributed by atoms with Crippen LogP contribution in [0.2, 0.25) is 0 Å². The maximum atomic E-state index is 12.4. The molecular formula is C17H23NO5. The topological polar surface area (TPSA) is 81.7 Å². The zero-order chi connectivity index (χ0) is 17.4. The van der Waals surface area contributed by atoms with E-state index in [4.69, 9.17) is 9.47 Å². The van der Waals surface area contributed by atoms with Gasteiger partial charge < -0.3 is 14.8 Å². The number of ether oxygens (including phenoxy) is 2. The van der Waals surface area contributed by atoms with Crippen LogP contribution in [0.5, 0.6) is 0 Å². The smallest absolute Gasteiger partial charge is 0.338 e. The number of aryl methyl sites for hydroxylation is 1. The lowest BCUT2D eigenvalue weighted by molar-refractivity contribution is 0.0517. The molecule has 0 unspecified atom stereocenters. The molecule has 0 aliphatic rings. The fourth-order valence-corrected chi connectivity index (χ4v) is 2.10. The molecule has 0 radical (unpaired) electrons. The molecule has 0 aliphatic carbocycles. The van der Waals surface area contributed by atoms with Crippen LogP contribution in [0.3, 0.4) is 0 Å². The summed E-state index contributed by atoms with van der Waals surface area (Å²) in [5, 5.41) is 2.69. The van der Waals surface area contributed by atoms with Gasteiger partial charge in [-0.05, 0) is 44.9 Å². The van der Waals surface area contributed by atoms with E-state index >= 15 is 0 Å². The Hall–Kier alpha value is -2.37. The third kappa shape index (κ3) is 4.81. The molecule has 0 saturated carbocycles. The quantitative estimate of drug-likeness (QED) is 0.780. The molecule has 1 aromatic rings. The van der Waals surface area contributed by atoms with Gasteiger partial charge in [0.15, 0.2) is 0 Å². The Kier molecular flexibility index (Phi) is 7.25. The Labute approximate surface area is 136 Å². The average molecular weight is 321 g/mol. The number of hydrogen-bond donors (Lipinski definition) is 1. The van der Waals surface area contributed by atoms with E-state index in [1.807, 2.05) is 6.92 Å². The molecule has 6 heteroatoms. The second kappa shape index (κ2) is 8.92. The van der Waals surface area contributed by atoms with Gasteiger partial charge in [0.1, 0.15) is 0 Å². The van der Waals surface area contributed by atoms with Crippen LogP contribution >= 0.6 is 0 Å². The van der Waals surface area contributed by atoms with Crippen molar-refractivity contribution in [3.8, 4) is 0 Å². The van der Waals surface area contributed by atoms with E-state index in [-0.39, 0.29) is 29.9 Å². The highest BCUT2D eigenvalue weighted by Crippen LogP contribution is 2.20. The molecule has 1 N–H and O–H groups in total.